The zero-order chi connectivity index (χ0) is 9.84. The van der Waals surface area contributed by atoms with Crippen molar-refractivity contribution in [2.75, 3.05) is 7.11 Å². The maximum Gasteiger partial charge on any atom is 0.334 e. The average molecular weight is 176 g/mol. The SMILES string of the molecule is C=c1cccc/c1=C(\C)C(=O)OC. The molecule has 0 atom stereocenters. The van der Waals surface area contributed by atoms with Crippen molar-refractivity contribution in [3.63, 3.8) is 0 Å². The van der Waals surface area contributed by atoms with Crippen LogP contribution in [0.1, 0.15) is 6.92 Å². The first-order valence-electron chi connectivity index (χ1n) is 4.00. The number of hydrogen-bond acceptors (Lipinski definition) is 2. The van der Waals surface area contributed by atoms with Crippen LogP contribution in [0.5, 0.6) is 0 Å². The molecule has 13 heavy (non-hydrogen) atoms. The number of rotatable bonds is 1. The van der Waals surface area contributed by atoms with Crippen molar-refractivity contribution < 1.29 is 9.53 Å². The largest absolute Gasteiger partial charge is 0.466 e. The van der Waals surface area contributed by atoms with E-state index in [1.54, 1.807) is 6.92 Å². The van der Waals surface area contributed by atoms with Crippen molar-refractivity contribution in [1.82, 2.24) is 0 Å². The zero-order valence-corrected chi connectivity index (χ0v) is 7.83. The summed E-state index contributed by atoms with van der Waals surface area (Å²) in [4.78, 5) is 11.2. The Balaban J connectivity index is 3.42. The van der Waals surface area contributed by atoms with E-state index in [4.69, 9.17) is 0 Å². The quantitative estimate of drug-likeness (QED) is 0.580. The van der Waals surface area contributed by atoms with Gasteiger partial charge in [0.15, 0.2) is 0 Å². The highest BCUT2D eigenvalue weighted by molar-refractivity contribution is 6.08. The van der Waals surface area contributed by atoms with Crippen molar-refractivity contribution >= 4 is 18.1 Å². The molecule has 0 aliphatic heterocycles. The highest BCUT2D eigenvalue weighted by Gasteiger charge is 2.03. The molecule has 68 valence electrons. The lowest BCUT2D eigenvalue weighted by molar-refractivity contribution is -0.133. The van der Waals surface area contributed by atoms with Crippen LogP contribution in [-0.2, 0) is 9.53 Å². The molecule has 0 saturated carbocycles. The molecular formula is C11H12O2. The topological polar surface area (TPSA) is 26.3 Å². The van der Waals surface area contributed by atoms with Crippen molar-refractivity contribution in [2.45, 2.75) is 6.92 Å². The van der Waals surface area contributed by atoms with E-state index in [1.165, 1.54) is 7.11 Å². The lowest BCUT2D eigenvalue weighted by Crippen LogP contribution is -2.27. The Morgan fingerprint density at radius 1 is 1.38 bits per heavy atom. The summed E-state index contributed by atoms with van der Waals surface area (Å²) in [5.41, 5.74) is 0.591. The molecule has 1 rings (SSSR count). The fourth-order valence-corrected chi connectivity index (χ4v) is 1.15. The molecule has 0 bridgehead atoms. The summed E-state index contributed by atoms with van der Waals surface area (Å²) in [6.07, 6.45) is 0. The number of hydrogen-bond donors (Lipinski definition) is 0. The number of benzene rings is 1. The van der Waals surface area contributed by atoms with E-state index in [2.05, 4.69) is 11.3 Å². The van der Waals surface area contributed by atoms with Gasteiger partial charge in [0, 0.05) is 5.57 Å². The highest BCUT2D eigenvalue weighted by atomic mass is 16.5. The summed E-state index contributed by atoms with van der Waals surface area (Å²) < 4.78 is 4.62. The van der Waals surface area contributed by atoms with Gasteiger partial charge in [0.25, 0.3) is 0 Å². The molecule has 0 aliphatic carbocycles. The predicted octanol–water partition coefficient (Wildman–Crippen LogP) is 0.440. The summed E-state index contributed by atoms with van der Waals surface area (Å²) in [7, 11) is 1.37. The minimum absolute atomic E-state index is 0.309. The smallest absolute Gasteiger partial charge is 0.334 e. The minimum atomic E-state index is -0.309. The Morgan fingerprint density at radius 2 is 2.00 bits per heavy atom. The monoisotopic (exact) mass is 176 g/mol. The number of esters is 1. The van der Waals surface area contributed by atoms with Crippen molar-refractivity contribution in [3.8, 4) is 0 Å². The summed E-state index contributed by atoms with van der Waals surface area (Å²) in [6, 6.07) is 7.48. The molecule has 1 aromatic carbocycles. The highest BCUT2D eigenvalue weighted by Crippen LogP contribution is 1.91. The normalized spacial score (nSPS) is 12.2. The van der Waals surface area contributed by atoms with Gasteiger partial charge in [-0.05, 0) is 17.4 Å². The summed E-state index contributed by atoms with van der Waals surface area (Å²) >= 11 is 0. The third kappa shape index (κ3) is 1.96. The van der Waals surface area contributed by atoms with Crippen LogP contribution in [-0.4, -0.2) is 13.1 Å². The van der Waals surface area contributed by atoms with Crippen LogP contribution in [0.25, 0.3) is 12.2 Å². The second kappa shape index (κ2) is 3.90. The summed E-state index contributed by atoms with van der Waals surface area (Å²) in [5, 5.41) is 1.68. The molecule has 0 saturated heterocycles. The van der Waals surface area contributed by atoms with Crippen molar-refractivity contribution in [2.24, 2.45) is 0 Å². The van der Waals surface area contributed by atoms with Gasteiger partial charge in [0.1, 0.15) is 0 Å². The second-order valence-electron chi connectivity index (χ2n) is 2.77. The van der Waals surface area contributed by atoms with Gasteiger partial charge in [-0.1, -0.05) is 30.8 Å². The van der Waals surface area contributed by atoms with E-state index >= 15 is 0 Å². The van der Waals surface area contributed by atoms with E-state index in [0.29, 0.717) is 5.57 Å². The Labute approximate surface area is 77.2 Å². The molecule has 2 heteroatoms. The first-order chi connectivity index (χ1) is 6.16. The maximum atomic E-state index is 11.2. The van der Waals surface area contributed by atoms with Gasteiger partial charge in [-0.15, -0.1) is 0 Å². The first kappa shape index (κ1) is 9.52. The molecule has 0 aliphatic rings. The molecule has 0 unspecified atom stereocenters. The number of ether oxygens (including phenoxy) is 1. The fourth-order valence-electron chi connectivity index (χ4n) is 1.15. The van der Waals surface area contributed by atoms with E-state index < -0.39 is 0 Å². The molecule has 0 aromatic heterocycles. The predicted molar refractivity (Wildman–Crippen MR) is 52.3 cm³/mol. The molecule has 1 aromatic rings. The van der Waals surface area contributed by atoms with Crippen LogP contribution in [0, 0.1) is 0 Å². The molecule has 0 N–H and O–H groups in total. The van der Waals surface area contributed by atoms with Gasteiger partial charge in [-0.3, -0.25) is 0 Å². The third-order valence-electron chi connectivity index (χ3n) is 1.91. The van der Waals surface area contributed by atoms with Gasteiger partial charge in [-0.2, -0.15) is 0 Å². The van der Waals surface area contributed by atoms with Gasteiger partial charge < -0.3 is 4.74 Å². The summed E-state index contributed by atoms with van der Waals surface area (Å²) in [6.45, 7) is 5.56. The third-order valence-corrected chi connectivity index (χ3v) is 1.91. The maximum absolute atomic E-state index is 11.2. The van der Waals surface area contributed by atoms with Gasteiger partial charge in [0.2, 0.25) is 0 Å². The number of carbonyl (C=O) groups excluding carboxylic acids is 1. The lowest BCUT2D eigenvalue weighted by atomic mass is 10.1. The van der Waals surface area contributed by atoms with Crippen LogP contribution in [0.3, 0.4) is 0 Å². The first-order valence-corrected chi connectivity index (χ1v) is 4.00. The lowest BCUT2D eigenvalue weighted by Gasteiger charge is -1.98. The van der Waals surface area contributed by atoms with E-state index in [-0.39, 0.29) is 5.97 Å². The zero-order valence-electron chi connectivity index (χ0n) is 7.83. The van der Waals surface area contributed by atoms with Crippen LogP contribution < -0.4 is 10.4 Å². The Kier molecular flexibility index (Phi) is 2.85. The van der Waals surface area contributed by atoms with Gasteiger partial charge >= 0.3 is 5.97 Å². The molecule has 0 fully saturated rings. The average Bonchev–Trinajstić information content (AvgIpc) is 2.16. The number of methoxy groups -OCH3 is 1. The van der Waals surface area contributed by atoms with Crippen LogP contribution in [0.2, 0.25) is 0 Å². The van der Waals surface area contributed by atoms with E-state index in [9.17, 15) is 4.79 Å². The van der Waals surface area contributed by atoms with E-state index in [1.807, 2.05) is 24.3 Å². The van der Waals surface area contributed by atoms with Gasteiger partial charge in [-0.25, -0.2) is 4.79 Å². The molecule has 0 amide bonds. The Bertz CT molecular complexity index is 418. The van der Waals surface area contributed by atoms with Crippen LogP contribution in [0.15, 0.2) is 24.3 Å². The molecular weight excluding hydrogens is 164 g/mol. The van der Waals surface area contributed by atoms with Crippen LogP contribution in [0.4, 0.5) is 0 Å². The van der Waals surface area contributed by atoms with Crippen LogP contribution >= 0.6 is 0 Å². The molecule has 0 heterocycles. The fraction of sp³-hybridized carbons (Fsp3) is 0.182. The number of carbonyl (C=O) groups is 1. The second-order valence-corrected chi connectivity index (χ2v) is 2.77. The molecule has 0 spiro atoms. The standard InChI is InChI=1S/C11H12O2/c1-8-6-4-5-7-10(8)9(2)11(12)13-3/h4-7H,1H2,2-3H3/b10-9-. The Hall–Kier alpha value is -1.57. The summed E-state index contributed by atoms with van der Waals surface area (Å²) in [5.74, 6) is -0.309. The Morgan fingerprint density at radius 3 is 2.54 bits per heavy atom. The molecule has 0 radical (unpaired) electrons. The molecule has 2 nitrogen and oxygen atoms in total. The van der Waals surface area contributed by atoms with E-state index in [0.717, 1.165) is 10.4 Å². The van der Waals surface area contributed by atoms with Gasteiger partial charge in [0.05, 0.1) is 7.11 Å². The van der Waals surface area contributed by atoms with Crippen molar-refractivity contribution in [3.05, 3.63) is 34.7 Å². The van der Waals surface area contributed by atoms with Crippen molar-refractivity contribution in [1.29, 1.82) is 0 Å². The minimum Gasteiger partial charge on any atom is -0.466 e.